The lowest BCUT2D eigenvalue weighted by Crippen LogP contribution is -1.86. The van der Waals surface area contributed by atoms with E-state index in [4.69, 9.17) is 5.11 Å². The van der Waals surface area contributed by atoms with E-state index in [1.54, 1.807) is 11.8 Å². The Balaban J connectivity index is 1.83. The van der Waals surface area contributed by atoms with Crippen molar-refractivity contribution in [2.24, 2.45) is 0 Å². The summed E-state index contributed by atoms with van der Waals surface area (Å²) in [6, 6.07) is 12.9. The Morgan fingerprint density at radius 2 is 1.74 bits per heavy atom. The van der Waals surface area contributed by atoms with E-state index >= 15 is 0 Å². The molecule has 0 radical (unpaired) electrons. The van der Waals surface area contributed by atoms with Gasteiger partial charge in [-0.1, -0.05) is 39.8 Å². The smallest absolute Gasteiger partial charge is 0.0692 e. The van der Waals surface area contributed by atoms with Gasteiger partial charge in [-0.3, -0.25) is 0 Å². The van der Waals surface area contributed by atoms with Crippen LogP contribution in [0.1, 0.15) is 23.1 Å². The van der Waals surface area contributed by atoms with Gasteiger partial charge in [0.2, 0.25) is 0 Å². The van der Waals surface area contributed by atoms with Crippen molar-refractivity contribution >= 4 is 27.7 Å². The highest BCUT2D eigenvalue weighted by Crippen LogP contribution is 2.33. The fraction of sp³-hybridized carbons (Fsp3) is 0.250. The van der Waals surface area contributed by atoms with Crippen molar-refractivity contribution in [3.8, 4) is 0 Å². The van der Waals surface area contributed by atoms with E-state index in [0.717, 1.165) is 10.0 Å². The van der Waals surface area contributed by atoms with Gasteiger partial charge in [-0.15, -0.1) is 0 Å². The van der Waals surface area contributed by atoms with E-state index in [9.17, 15) is 0 Å². The lowest BCUT2D eigenvalue weighted by molar-refractivity contribution is 0.281. The Labute approximate surface area is 126 Å². The minimum absolute atomic E-state index is 0.0738. The Hall–Kier alpha value is -0.770. The van der Waals surface area contributed by atoms with Crippen LogP contribution in [-0.2, 0) is 19.4 Å². The second kappa shape index (κ2) is 5.70. The van der Waals surface area contributed by atoms with Crippen LogP contribution in [0.2, 0.25) is 0 Å². The predicted octanol–water partition coefficient (Wildman–Crippen LogP) is 4.58. The summed E-state index contributed by atoms with van der Waals surface area (Å²) in [6.45, 7) is 0.0738. The molecule has 3 rings (SSSR count). The van der Waals surface area contributed by atoms with Gasteiger partial charge in [0.25, 0.3) is 0 Å². The molecule has 0 unspecified atom stereocenters. The van der Waals surface area contributed by atoms with Gasteiger partial charge in [-0.05, 0) is 60.2 Å². The Morgan fingerprint density at radius 1 is 1.00 bits per heavy atom. The summed E-state index contributed by atoms with van der Waals surface area (Å²) in [7, 11) is 0. The quantitative estimate of drug-likeness (QED) is 0.886. The second-order valence-electron chi connectivity index (χ2n) is 4.80. The van der Waals surface area contributed by atoms with E-state index in [2.05, 4.69) is 46.3 Å². The van der Waals surface area contributed by atoms with Crippen molar-refractivity contribution in [2.45, 2.75) is 35.7 Å². The monoisotopic (exact) mass is 334 g/mol. The first-order chi connectivity index (χ1) is 9.26. The van der Waals surface area contributed by atoms with E-state index in [1.807, 2.05) is 6.07 Å². The lowest BCUT2D eigenvalue weighted by Gasteiger charge is -2.07. The fourth-order valence-electron chi connectivity index (χ4n) is 2.47. The number of rotatable bonds is 3. The number of benzene rings is 2. The Bertz CT molecular complexity index is 610. The molecule has 0 amide bonds. The summed E-state index contributed by atoms with van der Waals surface area (Å²) in [5.74, 6) is 0. The number of hydrogen-bond acceptors (Lipinski definition) is 2. The summed E-state index contributed by atoms with van der Waals surface area (Å²) in [6.07, 6.45) is 3.74. The number of aliphatic hydroxyl groups is 1. The molecule has 0 fully saturated rings. The molecular formula is C16H15BrOS. The minimum atomic E-state index is 0.0738. The van der Waals surface area contributed by atoms with E-state index in [0.29, 0.717) is 0 Å². The fourth-order valence-corrected chi connectivity index (χ4v) is 4.05. The summed E-state index contributed by atoms with van der Waals surface area (Å²) in [5, 5.41) is 9.17. The van der Waals surface area contributed by atoms with Crippen molar-refractivity contribution in [2.75, 3.05) is 0 Å². The lowest BCUT2D eigenvalue weighted by atomic mass is 10.1. The first kappa shape index (κ1) is 13.2. The molecule has 98 valence electrons. The average Bonchev–Trinajstić information content (AvgIpc) is 2.86. The maximum Gasteiger partial charge on any atom is 0.0692 e. The summed E-state index contributed by atoms with van der Waals surface area (Å²) in [4.78, 5) is 2.49. The number of aryl methyl sites for hydroxylation is 2. The molecule has 0 bridgehead atoms. The van der Waals surface area contributed by atoms with E-state index in [-0.39, 0.29) is 6.61 Å². The Kier molecular flexibility index (Phi) is 3.96. The molecule has 0 aliphatic heterocycles. The van der Waals surface area contributed by atoms with Gasteiger partial charge in [0, 0.05) is 14.3 Å². The molecule has 1 aliphatic rings. The predicted molar refractivity (Wildman–Crippen MR) is 82.7 cm³/mol. The number of hydrogen-bond donors (Lipinski definition) is 1. The minimum Gasteiger partial charge on any atom is -0.392 e. The summed E-state index contributed by atoms with van der Waals surface area (Å²) >= 11 is 5.27. The summed E-state index contributed by atoms with van der Waals surface area (Å²) < 4.78 is 0.973. The zero-order valence-corrected chi connectivity index (χ0v) is 12.9. The molecule has 1 nitrogen and oxygen atoms in total. The molecule has 1 aliphatic carbocycles. The van der Waals surface area contributed by atoms with Crippen LogP contribution in [0.15, 0.2) is 50.7 Å². The Morgan fingerprint density at radius 3 is 2.53 bits per heavy atom. The third-order valence-corrected chi connectivity index (χ3v) is 5.22. The average molecular weight is 335 g/mol. The van der Waals surface area contributed by atoms with Crippen molar-refractivity contribution in [3.63, 3.8) is 0 Å². The van der Waals surface area contributed by atoms with Crippen molar-refractivity contribution in [1.82, 2.24) is 0 Å². The normalized spacial score (nSPS) is 13.6. The van der Waals surface area contributed by atoms with E-state index < -0.39 is 0 Å². The first-order valence-corrected chi connectivity index (χ1v) is 8.06. The standard InChI is InChI=1S/C16H15BrOS/c17-16-9-15(7-5-13(16)10-18)19-14-6-4-11-2-1-3-12(11)8-14/h4-9,18H,1-3,10H2. The van der Waals surface area contributed by atoms with Gasteiger partial charge >= 0.3 is 0 Å². The molecule has 0 saturated carbocycles. The van der Waals surface area contributed by atoms with E-state index in [1.165, 1.54) is 40.2 Å². The molecule has 0 saturated heterocycles. The van der Waals surface area contributed by atoms with Gasteiger partial charge in [0.1, 0.15) is 0 Å². The van der Waals surface area contributed by atoms with Gasteiger partial charge < -0.3 is 5.11 Å². The van der Waals surface area contributed by atoms with Crippen LogP contribution < -0.4 is 0 Å². The third kappa shape index (κ3) is 2.88. The maximum absolute atomic E-state index is 9.17. The van der Waals surface area contributed by atoms with Crippen LogP contribution in [0.4, 0.5) is 0 Å². The molecule has 0 heterocycles. The van der Waals surface area contributed by atoms with Crippen LogP contribution in [0, 0.1) is 0 Å². The van der Waals surface area contributed by atoms with Gasteiger partial charge in [-0.25, -0.2) is 0 Å². The molecular weight excluding hydrogens is 320 g/mol. The number of aliphatic hydroxyl groups excluding tert-OH is 1. The molecule has 0 aromatic heterocycles. The van der Waals surface area contributed by atoms with Crippen LogP contribution in [0.3, 0.4) is 0 Å². The highest BCUT2D eigenvalue weighted by atomic mass is 79.9. The number of halogens is 1. The molecule has 19 heavy (non-hydrogen) atoms. The topological polar surface area (TPSA) is 20.2 Å². The summed E-state index contributed by atoms with van der Waals surface area (Å²) in [5.41, 5.74) is 3.95. The van der Waals surface area contributed by atoms with Crippen molar-refractivity contribution in [3.05, 3.63) is 57.6 Å². The molecule has 2 aromatic carbocycles. The van der Waals surface area contributed by atoms with Crippen LogP contribution in [0.5, 0.6) is 0 Å². The van der Waals surface area contributed by atoms with Crippen LogP contribution >= 0.6 is 27.7 Å². The first-order valence-electron chi connectivity index (χ1n) is 6.45. The maximum atomic E-state index is 9.17. The van der Waals surface area contributed by atoms with Crippen LogP contribution in [0.25, 0.3) is 0 Å². The molecule has 0 atom stereocenters. The molecule has 2 aromatic rings. The van der Waals surface area contributed by atoms with Crippen LogP contribution in [-0.4, -0.2) is 5.11 Å². The molecule has 1 N–H and O–H groups in total. The van der Waals surface area contributed by atoms with Crippen molar-refractivity contribution < 1.29 is 5.11 Å². The highest BCUT2D eigenvalue weighted by Gasteiger charge is 2.11. The highest BCUT2D eigenvalue weighted by molar-refractivity contribution is 9.10. The van der Waals surface area contributed by atoms with Gasteiger partial charge in [-0.2, -0.15) is 0 Å². The van der Waals surface area contributed by atoms with Gasteiger partial charge in [0.15, 0.2) is 0 Å². The molecule has 3 heteroatoms. The second-order valence-corrected chi connectivity index (χ2v) is 6.80. The third-order valence-electron chi connectivity index (χ3n) is 3.50. The van der Waals surface area contributed by atoms with Gasteiger partial charge in [0.05, 0.1) is 6.61 Å². The zero-order valence-electron chi connectivity index (χ0n) is 10.5. The number of fused-ring (bicyclic) bond motifs is 1. The largest absolute Gasteiger partial charge is 0.392 e. The zero-order chi connectivity index (χ0) is 13.2. The van der Waals surface area contributed by atoms with Crippen molar-refractivity contribution in [1.29, 1.82) is 0 Å². The molecule has 0 spiro atoms. The SMILES string of the molecule is OCc1ccc(Sc2ccc3c(c2)CCC3)cc1Br.